The van der Waals surface area contributed by atoms with Crippen LogP contribution in [0.2, 0.25) is 0 Å². The first kappa shape index (κ1) is 13.5. The van der Waals surface area contributed by atoms with Gasteiger partial charge in [0.05, 0.1) is 0 Å². The standard InChI is InChI=1S/C13H21BrN2S/c1-10(2)7-11-8-16(5-4-15-11)9-13-12(14)3-6-17-13/h3,6,10-11,15H,4-5,7-9H2,1-2H3. The largest absolute Gasteiger partial charge is 0.311 e. The lowest BCUT2D eigenvalue weighted by molar-refractivity contribution is 0.181. The molecule has 1 aromatic heterocycles. The molecule has 0 aliphatic carbocycles. The van der Waals surface area contributed by atoms with Crippen molar-refractivity contribution in [1.29, 1.82) is 0 Å². The van der Waals surface area contributed by atoms with Crippen LogP contribution in [0.5, 0.6) is 0 Å². The highest BCUT2D eigenvalue weighted by atomic mass is 79.9. The third kappa shape index (κ3) is 4.05. The molecular weight excluding hydrogens is 296 g/mol. The molecule has 0 saturated carbocycles. The van der Waals surface area contributed by atoms with Gasteiger partial charge in [0.2, 0.25) is 0 Å². The lowest BCUT2D eigenvalue weighted by Crippen LogP contribution is -2.50. The molecule has 0 bridgehead atoms. The second kappa shape index (κ2) is 6.32. The number of thiophene rings is 1. The van der Waals surface area contributed by atoms with E-state index in [1.807, 2.05) is 11.3 Å². The van der Waals surface area contributed by atoms with Crippen molar-refractivity contribution in [3.63, 3.8) is 0 Å². The van der Waals surface area contributed by atoms with Crippen molar-refractivity contribution in [2.24, 2.45) is 5.92 Å². The quantitative estimate of drug-likeness (QED) is 0.916. The van der Waals surface area contributed by atoms with Crippen LogP contribution in [0.15, 0.2) is 15.9 Å². The van der Waals surface area contributed by atoms with Crippen LogP contribution in [0.4, 0.5) is 0 Å². The van der Waals surface area contributed by atoms with Crippen LogP contribution in [0, 0.1) is 5.92 Å². The molecule has 1 aromatic rings. The second-order valence-corrected chi connectivity index (χ2v) is 7.06. The summed E-state index contributed by atoms with van der Waals surface area (Å²) in [6, 6.07) is 2.82. The lowest BCUT2D eigenvalue weighted by Gasteiger charge is -2.34. The third-order valence-electron chi connectivity index (χ3n) is 3.15. The minimum absolute atomic E-state index is 0.669. The van der Waals surface area contributed by atoms with Crippen LogP contribution in [0.1, 0.15) is 25.1 Å². The fourth-order valence-electron chi connectivity index (χ4n) is 2.41. The van der Waals surface area contributed by atoms with Crippen LogP contribution in [-0.4, -0.2) is 30.6 Å². The Morgan fingerprint density at radius 2 is 2.41 bits per heavy atom. The van der Waals surface area contributed by atoms with E-state index in [-0.39, 0.29) is 0 Å². The molecule has 1 fully saturated rings. The van der Waals surface area contributed by atoms with Gasteiger partial charge >= 0.3 is 0 Å². The number of halogens is 1. The van der Waals surface area contributed by atoms with Gasteiger partial charge in [0.15, 0.2) is 0 Å². The van der Waals surface area contributed by atoms with Crippen LogP contribution in [0.25, 0.3) is 0 Å². The molecule has 0 radical (unpaired) electrons. The molecule has 2 nitrogen and oxygen atoms in total. The topological polar surface area (TPSA) is 15.3 Å². The molecular formula is C13H21BrN2S. The maximum Gasteiger partial charge on any atom is 0.0340 e. The van der Waals surface area contributed by atoms with Crippen LogP contribution >= 0.6 is 27.3 Å². The van der Waals surface area contributed by atoms with Crippen LogP contribution in [-0.2, 0) is 6.54 Å². The Labute approximate surface area is 117 Å². The molecule has 17 heavy (non-hydrogen) atoms. The molecule has 2 heterocycles. The molecule has 1 saturated heterocycles. The van der Waals surface area contributed by atoms with Crippen LogP contribution in [0.3, 0.4) is 0 Å². The Bertz CT molecular complexity index is 351. The van der Waals surface area contributed by atoms with E-state index in [0.717, 1.165) is 19.0 Å². The Morgan fingerprint density at radius 3 is 3.06 bits per heavy atom. The van der Waals surface area contributed by atoms with E-state index in [2.05, 4.69) is 51.4 Å². The third-order valence-corrected chi connectivity index (χ3v) is 5.06. The average Bonchev–Trinajstić information content (AvgIpc) is 2.64. The van der Waals surface area contributed by atoms with Gasteiger partial charge in [-0.15, -0.1) is 11.3 Å². The average molecular weight is 317 g/mol. The van der Waals surface area contributed by atoms with Gasteiger partial charge in [0.25, 0.3) is 0 Å². The Kier molecular flexibility index (Phi) is 5.03. The fourth-order valence-corrected chi connectivity index (χ4v) is 3.92. The van der Waals surface area contributed by atoms with E-state index in [4.69, 9.17) is 0 Å². The Morgan fingerprint density at radius 1 is 1.59 bits per heavy atom. The summed E-state index contributed by atoms with van der Waals surface area (Å²) in [4.78, 5) is 4.02. The summed E-state index contributed by atoms with van der Waals surface area (Å²) in [6.45, 7) is 9.17. The van der Waals surface area contributed by atoms with E-state index >= 15 is 0 Å². The van der Waals surface area contributed by atoms with Crippen molar-refractivity contribution in [1.82, 2.24) is 10.2 Å². The smallest absolute Gasteiger partial charge is 0.0340 e. The van der Waals surface area contributed by atoms with E-state index in [0.29, 0.717) is 6.04 Å². The SMILES string of the molecule is CC(C)CC1CN(Cc2sccc2Br)CCN1. The molecule has 0 spiro atoms. The zero-order valence-electron chi connectivity index (χ0n) is 10.6. The predicted octanol–water partition coefficient (Wildman–Crippen LogP) is 3.33. The van der Waals surface area contributed by atoms with E-state index in [1.165, 1.54) is 28.9 Å². The summed E-state index contributed by atoms with van der Waals surface area (Å²) in [5, 5.41) is 5.78. The van der Waals surface area contributed by atoms with Crippen molar-refractivity contribution >= 4 is 27.3 Å². The highest BCUT2D eigenvalue weighted by molar-refractivity contribution is 9.10. The predicted molar refractivity (Wildman–Crippen MR) is 78.5 cm³/mol. The van der Waals surface area contributed by atoms with E-state index < -0.39 is 0 Å². The first-order chi connectivity index (χ1) is 8.15. The maximum absolute atomic E-state index is 3.62. The summed E-state index contributed by atoms with van der Waals surface area (Å²) >= 11 is 5.47. The van der Waals surface area contributed by atoms with Gasteiger partial charge in [-0.1, -0.05) is 13.8 Å². The van der Waals surface area contributed by atoms with Crippen molar-refractivity contribution < 1.29 is 0 Å². The first-order valence-electron chi connectivity index (χ1n) is 6.32. The van der Waals surface area contributed by atoms with Gasteiger partial charge < -0.3 is 5.32 Å². The van der Waals surface area contributed by atoms with Crippen LogP contribution < -0.4 is 5.32 Å². The fraction of sp³-hybridized carbons (Fsp3) is 0.692. The maximum atomic E-state index is 3.62. The van der Waals surface area contributed by atoms with Crippen molar-refractivity contribution in [2.45, 2.75) is 32.9 Å². The number of rotatable bonds is 4. The normalized spacial score (nSPS) is 22.2. The zero-order chi connectivity index (χ0) is 12.3. The van der Waals surface area contributed by atoms with Crippen molar-refractivity contribution in [2.75, 3.05) is 19.6 Å². The van der Waals surface area contributed by atoms with E-state index in [9.17, 15) is 0 Å². The Balaban J connectivity index is 1.87. The Hall–Kier alpha value is 0.1000. The summed E-state index contributed by atoms with van der Waals surface area (Å²) in [6.07, 6.45) is 1.28. The number of hydrogen-bond donors (Lipinski definition) is 1. The van der Waals surface area contributed by atoms with Gasteiger partial charge in [-0.25, -0.2) is 0 Å². The van der Waals surface area contributed by atoms with Gasteiger partial charge in [0, 0.05) is 41.6 Å². The summed E-state index contributed by atoms with van der Waals surface area (Å²) in [5.74, 6) is 0.779. The highest BCUT2D eigenvalue weighted by Crippen LogP contribution is 2.24. The second-order valence-electron chi connectivity index (χ2n) is 5.21. The number of nitrogens with zero attached hydrogens (tertiary/aromatic N) is 1. The number of nitrogens with one attached hydrogen (secondary N) is 1. The highest BCUT2D eigenvalue weighted by Gasteiger charge is 2.20. The van der Waals surface area contributed by atoms with Gasteiger partial charge in [-0.2, -0.15) is 0 Å². The molecule has 2 rings (SSSR count). The molecule has 4 heteroatoms. The molecule has 1 aliphatic heterocycles. The monoisotopic (exact) mass is 316 g/mol. The summed E-state index contributed by atoms with van der Waals surface area (Å²) in [5.41, 5.74) is 0. The zero-order valence-corrected chi connectivity index (χ0v) is 13.0. The summed E-state index contributed by atoms with van der Waals surface area (Å²) < 4.78 is 1.27. The number of hydrogen-bond acceptors (Lipinski definition) is 3. The molecule has 0 amide bonds. The molecule has 96 valence electrons. The molecule has 1 atom stereocenters. The lowest BCUT2D eigenvalue weighted by atomic mass is 10.0. The number of piperazine rings is 1. The molecule has 1 aliphatic rings. The van der Waals surface area contributed by atoms with Gasteiger partial charge in [0.1, 0.15) is 0 Å². The minimum Gasteiger partial charge on any atom is -0.311 e. The molecule has 1 N–H and O–H groups in total. The molecule has 1 unspecified atom stereocenters. The first-order valence-corrected chi connectivity index (χ1v) is 8.00. The summed E-state index contributed by atoms with van der Waals surface area (Å²) in [7, 11) is 0. The van der Waals surface area contributed by atoms with Crippen molar-refractivity contribution in [3.05, 3.63) is 20.8 Å². The minimum atomic E-state index is 0.669. The van der Waals surface area contributed by atoms with E-state index in [1.54, 1.807) is 0 Å². The van der Waals surface area contributed by atoms with Gasteiger partial charge in [-0.3, -0.25) is 4.90 Å². The molecule has 0 aromatic carbocycles. The van der Waals surface area contributed by atoms with Gasteiger partial charge in [-0.05, 0) is 39.7 Å². The van der Waals surface area contributed by atoms with Crippen molar-refractivity contribution in [3.8, 4) is 0 Å².